The zero-order valence-electron chi connectivity index (χ0n) is 14.7. The molecule has 0 saturated carbocycles. The first-order valence-electron chi connectivity index (χ1n) is 8.76. The highest BCUT2D eigenvalue weighted by Crippen LogP contribution is 2.38. The number of hydrogen-bond acceptors (Lipinski definition) is 5. The molecule has 1 aromatic heterocycles. The lowest BCUT2D eigenvalue weighted by Gasteiger charge is -2.36. The predicted octanol–water partition coefficient (Wildman–Crippen LogP) is 2.12. The minimum Gasteiger partial charge on any atom is -0.486 e. The Kier molecular flexibility index (Phi) is 6.14. The van der Waals surface area contributed by atoms with Gasteiger partial charge in [-0.05, 0) is 49.7 Å². The molecule has 0 radical (unpaired) electrons. The summed E-state index contributed by atoms with van der Waals surface area (Å²) in [4.78, 5) is 13.1. The second-order valence-electron chi connectivity index (χ2n) is 6.52. The van der Waals surface area contributed by atoms with E-state index in [1.54, 1.807) is 16.9 Å². The summed E-state index contributed by atoms with van der Waals surface area (Å²) in [6.07, 6.45) is 4.95. The van der Waals surface area contributed by atoms with Crippen LogP contribution in [0.2, 0.25) is 5.02 Å². The molecule has 2 N–H and O–H groups in total. The van der Waals surface area contributed by atoms with Gasteiger partial charge >= 0.3 is 0 Å². The van der Waals surface area contributed by atoms with E-state index in [0.717, 1.165) is 18.7 Å². The number of fused-ring (bicyclic) bond motifs is 1. The van der Waals surface area contributed by atoms with Crippen LogP contribution in [0.4, 0.5) is 0 Å². The zero-order valence-corrected chi connectivity index (χ0v) is 16.3. The SMILES string of the molecule is Cl.O=C(NCc1cc(Cl)c2c(c1)OCCO2)C1(n2cccn2)CCNCC1. The van der Waals surface area contributed by atoms with Crippen LogP contribution in [0.25, 0.3) is 0 Å². The number of nitrogens with one attached hydrogen (secondary N) is 2. The van der Waals surface area contributed by atoms with Crippen molar-refractivity contribution in [2.75, 3.05) is 26.3 Å². The van der Waals surface area contributed by atoms with E-state index in [9.17, 15) is 4.79 Å². The fraction of sp³-hybridized carbons (Fsp3) is 0.444. The minimum absolute atomic E-state index is 0. The molecular formula is C18H22Cl2N4O3. The number of carbonyl (C=O) groups excluding carboxylic acids is 1. The van der Waals surface area contributed by atoms with Crippen molar-refractivity contribution in [1.82, 2.24) is 20.4 Å². The smallest absolute Gasteiger partial charge is 0.248 e. The summed E-state index contributed by atoms with van der Waals surface area (Å²) in [6.45, 7) is 2.91. The maximum absolute atomic E-state index is 13.1. The molecule has 7 nitrogen and oxygen atoms in total. The molecule has 3 heterocycles. The summed E-state index contributed by atoms with van der Waals surface area (Å²) in [5.41, 5.74) is 0.212. The predicted molar refractivity (Wildman–Crippen MR) is 104 cm³/mol. The van der Waals surface area contributed by atoms with Gasteiger partial charge in [-0.15, -0.1) is 12.4 Å². The summed E-state index contributed by atoms with van der Waals surface area (Å²) >= 11 is 6.28. The molecule has 2 aromatic rings. The van der Waals surface area contributed by atoms with Crippen LogP contribution in [0.1, 0.15) is 18.4 Å². The van der Waals surface area contributed by atoms with Crippen LogP contribution >= 0.6 is 24.0 Å². The van der Waals surface area contributed by atoms with Crippen molar-refractivity contribution in [3.63, 3.8) is 0 Å². The highest BCUT2D eigenvalue weighted by molar-refractivity contribution is 6.32. The Labute approximate surface area is 168 Å². The van der Waals surface area contributed by atoms with Crippen LogP contribution in [-0.2, 0) is 16.9 Å². The molecule has 1 amide bonds. The van der Waals surface area contributed by atoms with Crippen molar-refractivity contribution in [3.05, 3.63) is 41.2 Å². The molecule has 1 fully saturated rings. The third kappa shape index (κ3) is 3.85. The fourth-order valence-electron chi connectivity index (χ4n) is 3.54. The normalized spacial score (nSPS) is 17.7. The Morgan fingerprint density at radius 3 is 2.81 bits per heavy atom. The van der Waals surface area contributed by atoms with Gasteiger partial charge in [-0.25, -0.2) is 0 Å². The molecule has 2 aliphatic rings. The summed E-state index contributed by atoms with van der Waals surface area (Å²) in [5, 5.41) is 11.2. The highest BCUT2D eigenvalue weighted by atomic mass is 35.5. The zero-order chi connectivity index (χ0) is 18.0. The Morgan fingerprint density at radius 1 is 1.30 bits per heavy atom. The largest absolute Gasteiger partial charge is 0.486 e. The molecule has 0 bridgehead atoms. The Balaban J connectivity index is 0.00000210. The highest BCUT2D eigenvalue weighted by Gasteiger charge is 2.41. The summed E-state index contributed by atoms with van der Waals surface area (Å²) < 4.78 is 12.9. The van der Waals surface area contributed by atoms with Gasteiger partial charge in [0.05, 0.1) is 5.02 Å². The Hall–Kier alpha value is -1.96. The van der Waals surface area contributed by atoms with E-state index < -0.39 is 5.54 Å². The first-order chi connectivity index (χ1) is 12.7. The van der Waals surface area contributed by atoms with Crippen molar-refractivity contribution in [3.8, 4) is 11.5 Å². The third-order valence-corrected chi connectivity index (χ3v) is 5.19. The number of halogens is 2. The number of aromatic nitrogens is 2. The molecule has 1 saturated heterocycles. The number of carbonyl (C=O) groups is 1. The van der Waals surface area contributed by atoms with Gasteiger partial charge in [0.2, 0.25) is 5.91 Å². The molecule has 0 spiro atoms. The molecule has 2 aliphatic heterocycles. The van der Waals surface area contributed by atoms with E-state index >= 15 is 0 Å². The lowest BCUT2D eigenvalue weighted by Crippen LogP contribution is -2.54. The van der Waals surface area contributed by atoms with Crippen molar-refractivity contribution < 1.29 is 14.3 Å². The molecule has 0 unspecified atom stereocenters. The van der Waals surface area contributed by atoms with E-state index in [1.807, 2.05) is 18.3 Å². The Bertz CT molecular complexity index is 792. The first kappa shape index (κ1) is 19.8. The molecular weight excluding hydrogens is 391 g/mol. The summed E-state index contributed by atoms with van der Waals surface area (Å²) in [6, 6.07) is 5.51. The maximum atomic E-state index is 13.1. The molecule has 0 aliphatic carbocycles. The van der Waals surface area contributed by atoms with Crippen LogP contribution in [0.3, 0.4) is 0 Å². The lowest BCUT2D eigenvalue weighted by atomic mass is 9.87. The van der Waals surface area contributed by atoms with Gasteiger partial charge in [0, 0.05) is 18.9 Å². The van der Waals surface area contributed by atoms with Crippen LogP contribution < -0.4 is 20.1 Å². The van der Waals surface area contributed by atoms with Crippen LogP contribution in [0, 0.1) is 0 Å². The lowest BCUT2D eigenvalue weighted by molar-refractivity contribution is -0.132. The van der Waals surface area contributed by atoms with Gasteiger partial charge in [0.15, 0.2) is 11.5 Å². The average Bonchev–Trinajstić information content (AvgIpc) is 3.22. The number of rotatable bonds is 4. The van der Waals surface area contributed by atoms with E-state index in [2.05, 4.69) is 15.7 Å². The van der Waals surface area contributed by atoms with Crippen LogP contribution in [0.15, 0.2) is 30.6 Å². The molecule has 146 valence electrons. The molecule has 0 atom stereocenters. The number of ether oxygens (including phenoxy) is 2. The van der Waals surface area contributed by atoms with Gasteiger partial charge in [-0.3, -0.25) is 9.48 Å². The van der Waals surface area contributed by atoms with Gasteiger partial charge in [0.25, 0.3) is 0 Å². The monoisotopic (exact) mass is 412 g/mol. The number of amides is 1. The summed E-state index contributed by atoms with van der Waals surface area (Å²) in [7, 11) is 0. The average molecular weight is 413 g/mol. The minimum atomic E-state index is -0.660. The van der Waals surface area contributed by atoms with E-state index in [0.29, 0.717) is 49.1 Å². The van der Waals surface area contributed by atoms with E-state index in [-0.39, 0.29) is 18.3 Å². The van der Waals surface area contributed by atoms with Crippen molar-refractivity contribution in [2.45, 2.75) is 24.9 Å². The van der Waals surface area contributed by atoms with Gasteiger partial charge in [-0.2, -0.15) is 5.10 Å². The van der Waals surface area contributed by atoms with Crippen LogP contribution in [-0.4, -0.2) is 42.0 Å². The molecule has 27 heavy (non-hydrogen) atoms. The molecule has 4 rings (SSSR count). The number of nitrogens with zero attached hydrogens (tertiary/aromatic N) is 2. The van der Waals surface area contributed by atoms with Crippen molar-refractivity contribution in [1.29, 1.82) is 0 Å². The van der Waals surface area contributed by atoms with Crippen molar-refractivity contribution in [2.24, 2.45) is 0 Å². The van der Waals surface area contributed by atoms with Gasteiger partial charge in [0.1, 0.15) is 18.8 Å². The quantitative estimate of drug-likeness (QED) is 0.803. The van der Waals surface area contributed by atoms with Crippen molar-refractivity contribution >= 4 is 29.9 Å². The van der Waals surface area contributed by atoms with E-state index in [4.69, 9.17) is 21.1 Å². The molecule has 1 aromatic carbocycles. The number of benzene rings is 1. The first-order valence-corrected chi connectivity index (χ1v) is 9.14. The molecule has 9 heteroatoms. The van der Waals surface area contributed by atoms with Gasteiger partial charge in [-0.1, -0.05) is 11.6 Å². The van der Waals surface area contributed by atoms with E-state index in [1.165, 1.54) is 0 Å². The standard InChI is InChI=1S/C18H21ClN4O3.ClH/c19-14-10-13(11-15-16(14)26-9-8-25-15)12-21-17(24)18(2-5-20-6-3-18)23-7-1-4-22-23;/h1,4,7,10-11,20H,2-3,5-6,8-9,12H2,(H,21,24);1H. The number of piperidine rings is 1. The third-order valence-electron chi connectivity index (χ3n) is 4.91. The maximum Gasteiger partial charge on any atom is 0.248 e. The second kappa shape index (κ2) is 8.37. The topological polar surface area (TPSA) is 77.4 Å². The van der Waals surface area contributed by atoms with Gasteiger partial charge < -0.3 is 20.1 Å². The second-order valence-corrected chi connectivity index (χ2v) is 6.92. The summed E-state index contributed by atoms with van der Waals surface area (Å²) in [5.74, 6) is 1.16. The number of hydrogen-bond donors (Lipinski definition) is 2. The fourth-order valence-corrected chi connectivity index (χ4v) is 3.82. The van der Waals surface area contributed by atoms with Crippen LogP contribution in [0.5, 0.6) is 11.5 Å². The Morgan fingerprint density at radius 2 is 2.07 bits per heavy atom.